The van der Waals surface area contributed by atoms with Crippen molar-refractivity contribution in [3.05, 3.63) is 59.2 Å². The molecular formula is C14H11FN4O. The summed E-state index contributed by atoms with van der Waals surface area (Å²) in [6.07, 6.45) is 1.44. The number of nitrogens with one attached hydrogen (secondary N) is 1. The molecule has 0 bridgehead atoms. The van der Waals surface area contributed by atoms with Crippen LogP contribution >= 0.6 is 0 Å². The van der Waals surface area contributed by atoms with Gasteiger partial charge in [0.15, 0.2) is 0 Å². The van der Waals surface area contributed by atoms with Crippen molar-refractivity contribution >= 4 is 11.6 Å². The molecule has 0 saturated heterocycles. The average molecular weight is 270 g/mol. The molecule has 3 N–H and O–H groups in total. The summed E-state index contributed by atoms with van der Waals surface area (Å²) in [4.78, 5) is 14.8. The Labute approximate surface area is 114 Å². The molecule has 0 unspecified atom stereocenters. The molecule has 100 valence electrons. The number of amides is 1. The van der Waals surface area contributed by atoms with E-state index in [1.165, 1.54) is 24.4 Å². The van der Waals surface area contributed by atoms with Gasteiger partial charge in [-0.1, -0.05) is 6.07 Å². The minimum Gasteiger partial charge on any atom is -0.381 e. The molecule has 0 atom stereocenters. The van der Waals surface area contributed by atoms with E-state index in [9.17, 15) is 9.18 Å². The van der Waals surface area contributed by atoms with Gasteiger partial charge in [0.25, 0.3) is 5.91 Å². The number of nitriles is 1. The van der Waals surface area contributed by atoms with Gasteiger partial charge in [0.1, 0.15) is 11.5 Å². The zero-order valence-corrected chi connectivity index (χ0v) is 10.4. The topological polar surface area (TPSA) is 91.8 Å². The third-order valence-corrected chi connectivity index (χ3v) is 2.68. The van der Waals surface area contributed by atoms with Crippen molar-refractivity contribution in [2.24, 2.45) is 5.73 Å². The van der Waals surface area contributed by atoms with Crippen molar-refractivity contribution in [2.75, 3.05) is 5.32 Å². The van der Waals surface area contributed by atoms with Crippen LogP contribution in [-0.2, 0) is 6.54 Å². The van der Waals surface area contributed by atoms with Crippen LogP contribution in [0.1, 0.15) is 21.6 Å². The third-order valence-electron chi connectivity index (χ3n) is 2.68. The number of pyridine rings is 1. The fourth-order valence-electron chi connectivity index (χ4n) is 1.63. The zero-order chi connectivity index (χ0) is 14.5. The maximum Gasteiger partial charge on any atom is 0.267 e. The lowest BCUT2D eigenvalue weighted by atomic mass is 10.1. The van der Waals surface area contributed by atoms with Gasteiger partial charge in [0.2, 0.25) is 0 Å². The monoisotopic (exact) mass is 270 g/mol. The number of aromatic nitrogens is 1. The highest BCUT2D eigenvalue weighted by Crippen LogP contribution is 2.13. The fraction of sp³-hybridized carbons (Fsp3) is 0.0714. The highest BCUT2D eigenvalue weighted by molar-refractivity contribution is 5.91. The van der Waals surface area contributed by atoms with E-state index in [0.29, 0.717) is 11.3 Å². The highest BCUT2D eigenvalue weighted by Gasteiger charge is 2.05. The second kappa shape index (κ2) is 5.80. The first kappa shape index (κ1) is 13.5. The Morgan fingerprint density at radius 2 is 2.20 bits per heavy atom. The maximum absolute atomic E-state index is 13.7. The van der Waals surface area contributed by atoms with Gasteiger partial charge in [-0.05, 0) is 24.3 Å². The first-order valence-corrected chi connectivity index (χ1v) is 5.78. The molecule has 1 aromatic heterocycles. The number of nitrogens with two attached hydrogens (primary N) is 1. The van der Waals surface area contributed by atoms with Crippen molar-refractivity contribution in [3.63, 3.8) is 0 Å². The van der Waals surface area contributed by atoms with Gasteiger partial charge in [-0.2, -0.15) is 5.26 Å². The molecule has 1 heterocycles. The minimum absolute atomic E-state index is 0.135. The number of anilines is 1. The summed E-state index contributed by atoms with van der Waals surface area (Å²) in [5.41, 5.74) is 6.56. The van der Waals surface area contributed by atoms with Crippen LogP contribution in [0.5, 0.6) is 0 Å². The molecule has 2 rings (SSSR count). The van der Waals surface area contributed by atoms with E-state index in [0.717, 1.165) is 0 Å². The number of hydrogen-bond acceptors (Lipinski definition) is 4. The Balaban J connectivity index is 2.11. The van der Waals surface area contributed by atoms with Crippen molar-refractivity contribution in [1.29, 1.82) is 5.26 Å². The number of carbonyl (C=O) groups is 1. The summed E-state index contributed by atoms with van der Waals surface area (Å²) in [5, 5.41) is 11.6. The van der Waals surface area contributed by atoms with Crippen molar-refractivity contribution in [3.8, 4) is 6.07 Å². The first-order valence-electron chi connectivity index (χ1n) is 5.78. The number of carbonyl (C=O) groups excluding carboxylic acids is 1. The summed E-state index contributed by atoms with van der Waals surface area (Å²) >= 11 is 0. The summed E-state index contributed by atoms with van der Waals surface area (Å²) in [7, 11) is 0. The predicted molar refractivity (Wildman–Crippen MR) is 71.2 cm³/mol. The smallest absolute Gasteiger partial charge is 0.267 e. The van der Waals surface area contributed by atoms with E-state index >= 15 is 0 Å². The molecule has 0 radical (unpaired) electrons. The Morgan fingerprint density at radius 3 is 2.85 bits per heavy atom. The minimum atomic E-state index is -0.627. The van der Waals surface area contributed by atoms with E-state index in [2.05, 4.69) is 10.3 Å². The lowest BCUT2D eigenvalue weighted by Crippen LogP contribution is -2.13. The number of rotatable bonds is 4. The Morgan fingerprint density at radius 1 is 1.40 bits per heavy atom. The largest absolute Gasteiger partial charge is 0.381 e. The molecule has 6 heteroatoms. The summed E-state index contributed by atoms with van der Waals surface area (Å²) in [6.45, 7) is 0.222. The van der Waals surface area contributed by atoms with E-state index < -0.39 is 11.7 Å². The molecule has 1 aromatic carbocycles. The Bertz CT molecular complexity index is 694. The maximum atomic E-state index is 13.7. The molecule has 0 aliphatic carbocycles. The van der Waals surface area contributed by atoms with Crippen LogP contribution in [0.2, 0.25) is 0 Å². The van der Waals surface area contributed by atoms with Crippen LogP contribution in [-0.4, -0.2) is 10.9 Å². The van der Waals surface area contributed by atoms with Gasteiger partial charge < -0.3 is 11.1 Å². The summed E-state index contributed by atoms with van der Waals surface area (Å²) in [5.74, 6) is -1.08. The molecule has 0 spiro atoms. The van der Waals surface area contributed by atoms with Gasteiger partial charge in [0, 0.05) is 24.0 Å². The molecule has 0 aliphatic rings. The summed E-state index contributed by atoms with van der Waals surface area (Å²) < 4.78 is 13.7. The van der Waals surface area contributed by atoms with Gasteiger partial charge in [0.05, 0.1) is 11.6 Å². The van der Waals surface area contributed by atoms with Crippen LogP contribution in [0.15, 0.2) is 36.5 Å². The highest BCUT2D eigenvalue weighted by atomic mass is 19.1. The van der Waals surface area contributed by atoms with Gasteiger partial charge in [-0.3, -0.25) is 9.78 Å². The predicted octanol–water partition coefficient (Wildman–Crippen LogP) is 1.80. The fourth-order valence-corrected chi connectivity index (χ4v) is 1.63. The lowest BCUT2D eigenvalue weighted by molar-refractivity contribution is 0.0995. The van der Waals surface area contributed by atoms with Gasteiger partial charge in [-0.25, -0.2) is 4.39 Å². The molecule has 5 nitrogen and oxygen atoms in total. The number of primary amides is 1. The van der Waals surface area contributed by atoms with Crippen LogP contribution in [0.3, 0.4) is 0 Å². The van der Waals surface area contributed by atoms with Gasteiger partial charge in [-0.15, -0.1) is 0 Å². The average Bonchev–Trinajstić information content (AvgIpc) is 2.46. The number of benzene rings is 1. The molecule has 1 amide bonds. The first-order chi connectivity index (χ1) is 9.60. The van der Waals surface area contributed by atoms with E-state index in [1.54, 1.807) is 12.1 Å². The normalized spacial score (nSPS) is 9.80. The Kier molecular flexibility index (Phi) is 3.91. The summed E-state index contributed by atoms with van der Waals surface area (Å²) in [6, 6.07) is 9.27. The standard InChI is InChI=1S/C14H11FN4O/c15-12-5-9(7-16)1-2-10(12)8-19-11-3-4-18-13(6-11)14(17)20/h1-6H,8H2,(H2,17,20)(H,18,19). The lowest BCUT2D eigenvalue weighted by Gasteiger charge is -2.08. The molecular weight excluding hydrogens is 259 g/mol. The van der Waals surface area contributed by atoms with Crippen LogP contribution in [0.4, 0.5) is 10.1 Å². The molecule has 20 heavy (non-hydrogen) atoms. The number of hydrogen-bond donors (Lipinski definition) is 2. The quantitative estimate of drug-likeness (QED) is 0.886. The van der Waals surface area contributed by atoms with E-state index in [-0.39, 0.29) is 17.8 Å². The van der Waals surface area contributed by atoms with Crippen LogP contribution < -0.4 is 11.1 Å². The van der Waals surface area contributed by atoms with Crippen molar-refractivity contribution < 1.29 is 9.18 Å². The molecule has 2 aromatic rings. The van der Waals surface area contributed by atoms with Gasteiger partial charge >= 0.3 is 0 Å². The number of halogens is 1. The van der Waals surface area contributed by atoms with E-state index in [1.807, 2.05) is 6.07 Å². The van der Waals surface area contributed by atoms with E-state index in [4.69, 9.17) is 11.0 Å². The third kappa shape index (κ3) is 3.09. The van der Waals surface area contributed by atoms with Crippen molar-refractivity contribution in [1.82, 2.24) is 4.98 Å². The van der Waals surface area contributed by atoms with Crippen molar-refractivity contribution in [2.45, 2.75) is 6.54 Å². The second-order valence-corrected chi connectivity index (χ2v) is 4.07. The molecule has 0 aliphatic heterocycles. The second-order valence-electron chi connectivity index (χ2n) is 4.07. The van der Waals surface area contributed by atoms with Crippen LogP contribution in [0, 0.1) is 17.1 Å². The molecule has 0 saturated carbocycles. The zero-order valence-electron chi connectivity index (χ0n) is 10.4. The molecule has 0 fully saturated rings. The Hall–Kier alpha value is -2.94. The number of nitrogens with zero attached hydrogens (tertiary/aromatic N) is 2. The van der Waals surface area contributed by atoms with Crippen LogP contribution in [0.25, 0.3) is 0 Å². The SMILES string of the molecule is N#Cc1ccc(CNc2ccnc(C(N)=O)c2)c(F)c1.